The Kier molecular flexibility index (Phi) is 4.66. The van der Waals surface area contributed by atoms with Crippen molar-refractivity contribution in [1.29, 1.82) is 5.26 Å². The molecule has 0 bridgehead atoms. The van der Waals surface area contributed by atoms with E-state index in [0.717, 1.165) is 18.7 Å². The van der Waals surface area contributed by atoms with E-state index in [2.05, 4.69) is 29.8 Å². The van der Waals surface area contributed by atoms with Gasteiger partial charge in [0.1, 0.15) is 11.9 Å². The zero-order valence-corrected chi connectivity index (χ0v) is 13.9. The molecule has 0 radical (unpaired) electrons. The monoisotopic (exact) mass is 325 g/mol. The molecule has 0 N–H and O–H groups in total. The summed E-state index contributed by atoms with van der Waals surface area (Å²) in [5.41, 5.74) is 1.16. The first-order chi connectivity index (χ1) is 11.5. The Balaban J connectivity index is 1.82. The predicted molar refractivity (Wildman–Crippen MR) is 91.7 cm³/mol. The number of nitriles is 1. The minimum absolute atomic E-state index is 0.273. The Morgan fingerprint density at radius 2 is 1.88 bits per heavy atom. The molecule has 1 aliphatic rings. The summed E-state index contributed by atoms with van der Waals surface area (Å²) >= 11 is 0. The minimum atomic E-state index is -0.273. The van der Waals surface area contributed by atoms with Gasteiger partial charge in [0.05, 0.1) is 0 Å². The second-order valence-corrected chi connectivity index (χ2v) is 6.55. The fourth-order valence-electron chi connectivity index (χ4n) is 3.26. The largest absolute Gasteiger partial charge is 0.420 e. The number of aromatic nitrogens is 1. The van der Waals surface area contributed by atoms with E-state index in [9.17, 15) is 9.65 Å². The smallest absolute Gasteiger partial charge is 0.235 e. The quantitative estimate of drug-likeness (QED) is 0.842. The maximum absolute atomic E-state index is 12.9. The van der Waals surface area contributed by atoms with Gasteiger partial charge in [-0.05, 0) is 42.0 Å². The van der Waals surface area contributed by atoms with Gasteiger partial charge in [-0.1, -0.05) is 26.0 Å². The lowest BCUT2D eigenvalue weighted by molar-refractivity contribution is 0.342. The second kappa shape index (κ2) is 6.88. The van der Waals surface area contributed by atoms with Gasteiger partial charge in [-0.2, -0.15) is 10.2 Å². The highest BCUT2D eigenvalue weighted by Crippen LogP contribution is 2.29. The van der Waals surface area contributed by atoms with E-state index < -0.39 is 0 Å². The van der Waals surface area contributed by atoms with Crippen molar-refractivity contribution in [2.45, 2.75) is 20.3 Å². The lowest BCUT2D eigenvalue weighted by atomic mass is 9.92. The number of hydrogen-bond acceptors (Lipinski definition) is 4. The summed E-state index contributed by atoms with van der Waals surface area (Å²) in [4.78, 5) is 6.37. The number of hydrogen-bond donors (Lipinski definition) is 0. The predicted octanol–water partition coefficient (Wildman–Crippen LogP) is 4.34. The van der Waals surface area contributed by atoms with Crippen molar-refractivity contribution in [2.75, 3.05) is 18.0 Å². The molecular formula is C19H20FN3O. The molecule has 1 aromatic heterocycles. The zero-order chi connectivity index (χ0) is 17.1. The fourth-order valence-corrected chi connectivity index (χ4v) is 3.26. The van der Waals surface area contributed by atoms with Crippen LogP contribution in [0.2, 0.25) is 0 Å². The molecule has 1 aromatic carbocycles. The molecular weight excluding hydrogens is 305 g/mol. The van der Waals surface area contributed by atoms with Crippen LogP contribution in [0.15, 0.2) is 28.7 Å². The maximum Gasteiger partial charge on any atom is 0.235 e. The van der Waals surface area contributed by atoms with Crippen LogP contribution in [-0.2, 0) is 0 Å². The van der Waals surface area contributed by atoms with Gasteiger partial charge in [-0.3, -0.25) is 0 Å². The Labute approximate surface area is 141 Å². The van der Waals surface area contributed by atoms with Gasteiger partial charge in [0.15, 0.2) is 0 Å². The lowest BCUT2D eigenvalue weighted by Crippen LogP contribution is -2.38. The SMILES string of the molecule is CC1CC(C)CN(c2oc(C=Cc3ccc(F)cc3)nc2C#N)C1. The number of oxazole rings is 1. The number of benzene rings is 1. The van der Waals surface area contributed by atoms with Crippen LogP contribution in [-0.4, -0.2) is 18.1 Å². The summed E-state index contributed by atoms with van der Waals surface area (Å²) in [6, 6.07) is 8.27. The van der Waals surface area contributed by atoms with Gasteiger partial charge in [0.2, 0.25) is 17.5 Å². The van der Waals surface area contributed by atoms with E-state index in [1.807, 2.05) is 0 Å². The van der Waals surface area contributed by atoms with Gasteiger partial charge in [-0.25, -0.2) is 4.39 Å². The van der Waals surface area contributed by atoms with E-state index in [-0.39, 0.29) is 5.82 Å². The Bertz CT molecular complexity index is 763. The molecule has 0 spiro atoms. The first-order valence-electron chi connectivity index (χ1n) is 8.14. The van der Waals surface area contributed by atoms with Crippen LogP contribution in [0.3, 0.4) is 0 Å². The molecule has 2 atom stereocenters. The van der Waals surface area contributed by atoms with Crippen LogP contribution in [0, 0.1) is 29.0 Å². The Morgan fingerprint density at radius 1 is 1.21 bits per heavy atom. The second-order valence-electron chi connectivity index (χ2n) is 6.55. The van der Waals surface area contributed by atoms with Gasteiger partial charge in [-0.15, -0.1) is 0 Å². The molecule has 0 aliphatic carbocycles. The average molecular weight is 325 g/mol. The summed E-state index contributed by atoms with van der Waals surface area (Å²) in [7, 11) is 0. The van der Waals surface area contributed by atoms with Crippen LogP contribution in [0.25, 0.3) is 12.2 Å². The van der Waals surface area contributed by atoms with Crippen LogP contribution in [0.5, 0.6) is 0 Å². The number of nitrogens with zero attached hydrogens (tertiary/aromatic N) is 3. The molecule has 4 nitrogen and oxygen atoms in total. The van der Waals surface area contributed by atoms with Crippen molar-refractivity contribution in [1.82, 2.24) is 4.98 Å². The van der Waals surface area contributed by atoms with Crippen LogP contribution in [0.4, 0.5) is 10.3 Å². The van der Waals surface area contributed by atoms with Crippen molar-refractivity contribution in [3.63, 3.8) is 0 Å². The molecule has 1 fully saturated rings. The molecule has 1 saturated heterocycles. The zero-order valence-electron chi connectivity index (χ0n) is 13.9. The first kappa shape index (κ1) is 16.3. The summed E-state index contributed by atoms with van der Waals surface area (Å²) in [5, 5.41) is 9.35. The molecule has 24 heavy (non-hydrogen) atoms. The minimum Gasteiger partial charge on any atom is -0.420 e. The molecule has 0 saturated carbocycles. The summed E-state index contributed by atoms with van der Waals surface area (Å²) in [6.45, 7) is 6.16. The molecule has 2 unspecified atom stereocenters. The van der Waals surface area contributed by atoms with Crippen molar-refractivity contribution in [3.8, 4) is 6.07 Å². The summed E-state index contributed by atoms with van der Waals surface area (Å²) < 4.78 is 18.7. The fraction of sp³-hybridized carbons (Fsp3) is 0.368. The lowest BCUT2D eigenvalue weighted by Gasteiger charge is -2.34. The van der Waals surface area contributed by atoms with E-state index in [0.29, 0.717) is 29.3 Å². The first-order valence-corrected chi connectivity index (χ1v) is 8.14. The molecule has 1 aliphatic heterocycles. The maximum atomic E-state index is 12.9. The summed E-state index contributed by atoms with van der Waals surface area (Å²) in [6.07, 6.45) is 4.68. The van der Waals surface area contributed by atoms with Gasteiger partial charge in [0, 0.05) is 19.2 Å². The van der Waals surface area contributed by atoms with Crippen molar-refractivity contribution >= 4 is 18.0 Å². The van der Waals surface area contributed by atoms with Gasteiger partial charge in [0.25, 0.3) is 0 Å². The number of rotatable bonds is 3. The van der Waals surface area contributed by atoms with E-state index in [1.54, 1.807) is 24.3 Å². The highest BCUT2D eigenvalue weighted by Gasteiger charge is 2.27. The van der Waals surface area contributed by atoms with Crippen molar-refractivity contribution < 1.29 is 8.81 Å². The van der Waals surface area contributed by atoms with Crippen LogP contribution in [0.1, 0.15) is 37.4 Å². The third kappa shape index (κ3) is 3.65. The molecule has 3 rings (SSSR count). The highest BCUT2D eigenvalue weighted by atomic mass is 19.1. The highest BCUT2D eigenvalue weighted by molar-refractivity contribution is 5.67. The van der Waals surface area contributed by atoms with Gasteiger partial charge < -0.3 is 9.32 Å². The number of piperidine rings is 1. The van der Waals surface area contributed by atoms with Crippen molar-refractivity contribution in [2.24, 2.45) is 11.8 Å². The molecule has 2 aromatic rings. The Hall–Kier alpha value is -2.61. The molecule has 2 heterocycles. The molecule has 0 amide bonds. The Morgan fingerprint density at radius 3 is 2.50 bits per heavy atom. The van der Waals surface area contributed by atoms with E-state index in [1.165, 1.54) is 18.6 Å². The third-order valence-corrected chi connectivity index (χ3v) is 4.18. The standard InChI is InChI=1S/C19H20FN3O/c1-13-9-14(2)12-23(11-13)19-17(10-21)22-18(24-19)8-5-15-3-6-16(20)7-4-15/h3-8,13-14H,9,11-12H2,1-2H3. The number of halogens is 1. The van der Waals surface area contributed by atoms with Crippen LogP contribution < -0.4 is 4.90 Å². The average Bonchev–Trinajstić information content (AvgIpc) is 2.97. The molecule has 5 heteroatoms. The normalized spacial score (nSPS) is 21.2. The van der Waals surface area contributed by atoms with Gasteiger partial charge >= 0.3 is 0 Å². The molecule has 124 valence electrons. The van der Waals surface area contributed by atoms with E-state index in [4.69, 9.17) is 4.42 Å². The third-order valence-electron chi connectivity index (χ3n) is 4.18. The van der Waals surface area contributed by atoms with Crippen molar-refractivity contribution in [3.05, 3.63) is 47.2 Å². The summed E-state index contributed by atoms with van der Waals surface area (Å²) in [5.74, 6) is 1.78. The number of anilines is 1. The van der Waals surface area contributed by atoms with E-state index >= 15 is 0 Å². The van der Waals surface area contributed by atoms with Crippen LogP contribution >= 0.6 is 0 Å². The topological polar surface area (TPSA) is 53.1 Å².